The molecule has 180 valence electrons. The van der Waals surface area contributed by atoms with Crippen molar-refractivity contribution >= 4 is 44.8 Å². The second kappa shape index (κ2) is 9.77. The van der Waals surface area contributed by atoms with Gasteiger partial charge >= 0.3 is 0 Å². The Kier molecular flexibility index (Phi) is 6.97. The van der Waals surface area contributed by atoms with Crippen LogP contribution in [0, 0.1) is 13.8 Å². The third-order valence-electron chi connectivity index (χ3n) is 5.91. The smallest absolute Gasteiger partial charge is 0.229 e. The number of aromatic nitrogens is 2. The molecule has 2 heterocycles. The summed E-state index contributed by atoms with van der Waals surface area (Å²) in [5, 5.41) is 6.94. The number of rotatable bonds is 7. The number of aryl methyl sites for hydroxylation is 2. The first-order valence-electron chi connectivity index (χ1n) is 11.0. The number of sulfonamides is 1. The number of hydrogen-bond acceptors (Lipinski definition) is 7. The number of methoxy groups -OCH3 is 1. The summed E-state index contributed by atoms with van der Waals surface area (Å²) in [6.07, 6.45) is 2.16. The van der Waals surface area contributed by atoms with E-state index >= 15 is 0 Å². The molecule has 0 bridgehead atoms. The van der Waals surface area contributed by atoms with Gasteiger partial charge in [-0.25, -0.2) is 13.4 Å². The lowest BCUT2D eigenvalue weighted by Crippen LogP contribution is -2.37. The van der Waals surface area contributed by atoms with Gasteiger partial charge in [0, 0.05) is 24.5 Å². The van der Waals surface area contributed by atoms with Crippen LogP contribution < -0.4 is 15.4 Å². The molecule has 8 nitrogen and oxygen atoms in total. The molecule has 0 saturated heterocycles. The second-order valence-electron chi connectivity index (χ2n) is 8.21. The molecule has 2 N–H and O–H groups in total. The van der Waals surface area contributed by atoms with E-state index in [2.05, 4.69) is 20.6 Å². The largest absolute Gasteiger partial charge is 0.496 e. The summed E-state index contributed by atoms with van der Waals surface area (Å²) in [7, 11) is -1.58. The van der Waals surface area contributed by atoms with Gasteiger partial charge in [-0.3, -0.25) is 0 Å². The molecular weight excluding hydrogens is 474 g/mol. The number of benzene rings is 2. The van der Waals surface area contributed by atoms with E-state index in [1.54, 1.807) is 20.2 Å². The van der Waals surface area contributed by atoms with Crippen LogP contribution in [0.15, 0.2) is 36.5 Å². The van der Waals surface area contributed by atoms with Crippen LogP contribution in [-0.4, -0.2) is 42.1 Å². The highest BCUT2D eigenvalue weighted by Crippen LogP contribution is 2.32. The third-order valence-corrected chi connectivity index (χ3v) is 8.01. The summed E-state index contributed by atoms with van der Waals surface area (Å²) in [6.45, 7) is 6.44. The molecule has 1 aromatic heterocycles. The Morgan fingerprint density at radius 2 is 1.91 bits per heavy atom. The number of ether oxygens (including phenoxy) is 1. The van der Waals surface area contributed by atoms with Gasteiger partial charge in [0.05, 0.1) is 19.1 Å². The summed E-state index contributed by atoms with van der Waals surface area (Å²) in [5.41, 5.74) is 5.75. The summed E-state index contributed by atoms with van der Waals surface area (Å²) in [5.74, 6) is 1.82. The lowest BCUT2D eigenvalue weighted by molar-refractivity contribution is 0.392. The van der Waals surface area contributed by atoms with Gasteiger partial charge in [-0.2, -0.15) is 9.29 Å². The van der Waals surface area contributed by atoms with E-state index < -0.39 is 10.0 Å². The maximum absolute atomic E-state index is 12.3. The van der Waals surface area contributed by atoms with Crippen molar-refractivity contribution < 1.29 is 13.2 Å². The number of nitrogens with one attached hydrogen (secondary N) is 2. The second-order valence-corrected chi connectivity index (χ2v) is 10.9. The molecule has 0 fully saturated rings. The Morgan fingerprint density at radius 1 is 1.18 bits per heavy atom. The quantitative estimate of drug-likeness (QED) is 0.472. The van der Waals surface area contributed by atoms with Crippen molar-refractivity contribution in [2.75, 3.05) is 30.0 Å². The zero-order chi connectivity index (χ0) is 24.5. The summed E-state index contributed by atoms with van der Waals surface area (Å²) >= 11 is 6.40. The van der Waals surface area contributed by atoms with Crippen LogP contribution in [0.3, 0.4) is 0 Å². The average molecular weight is 502 g/mol. The van der Waals surface area contributed by atoms with Gasteiger partial charge in [-0.05, 0) is 67.6 Å². The topological polar surface area (TPSA) is 96.5 Å². The number of anilines is 4. The van der Waals surface area contributed by atoms with E-state index in [9.17, 15) is 8.42 Å². The molecule has 3 aromatic rings. The molecule has 10 heteroatoms. The third kappa shape index (κ3) is 4.96. The van der Waals surface area contributed by atoms with Crippen LogP contribution in [0.2, 0.25) is 5.02 Å². The molecule has 0 amide bonds. The van der Waals surface area contributed by atoms with E-state index in [4.69, 9.17) is 16.3 Å². The minimum atomic E-state index is -3.23. The van der Waals surface area contributed by atoms with E-state index in [0.717, 1.165) is 39.4 Å². The molecule has 2 aromatic carbocycles. The first-order valence-corrected chi connectivity index (χ1v) is 13.0. The van der Waals surface area contributed by atoms with Crippen molar-refractivity contribution in [2.24, 2.45) is 0 Å². The predicted molar refractivity (Wildman–Crippen MR) is 136 cm³/mol. The van der Waals surface area contributed by atoms with Crippen molar-refractivity contribution in [3.8, 4) is 5.75 Å². The fraction of sp³-hybridized carbons (Fsp3) is 0.333. The Balaban J connectivity index is 1.58. The minimum Gasteiger partial charge on any atom is -0.496 e. The fourth-order valence-corrected chi connectivity index (χ4v) is 5.45. The molecule has 1 aliphatic heterocycles. The van der Waals surface area contributed by atoms with Gasteiger partial charge in [0.2, 0.25) is 16.0 Å². The molecule has 0 aliphatic carbocycles. The van der Waals surface area contributed by atoms with Gasteiger partial charge in [0.25, 0.3) is 0 Å². The summed E-state index contributed by atoms with van der Waals surface area (Å²) < 4.78 is 31.6. The SMILES string of the molecule is CCS(=O)(=O)N1CCc2c(cccc2Nc2nc(Nc3cc(C)c(OC)c(C)c3)ncc2Cl)C1. The molecule has 0 unspecified atom stereocenters. The molecular formula is C24H28ClN5O3S. The Bertz CT molecular complexity index is 1310. The monoisotopic (exact) mass is 501 g/mol. The van der Waals surface area contributed by atoms with E-state index in [1.165, 1.54) is 4.31 Å². The van der Waals surface area contributed by atoms with Crippen molar-refractivity contribution in [1.29, 1.82) is 0 Å². The van der Waals surface area contributed by atoms with Crippen LogP contribution in [0.25, 0.3) is 0 Å². The van der Waals surface area contributed by atoms with Crippen LogP contribution in [-0.2, 0) is 23.0 Å². The maximum atomic E-state index is 12.3. The summed E-state index contributed by atoms with van der Waals surface area (Å²) in [6, 6.07) is 9.76. The molecule has 0 saturated carbocycles. The molecule has 0 radical (unpaired) electrons. The minimum absolute atomic E-state index is 0.0971. The lowest BCUT2D eigenvalue weighted by Gasteiger charge is -2.29. The van der Waals surface area contributed by atoms with Gasteiger partial charge in [-0.1, -0.05) is 23.7 Å². The number of nitrogens with zero attached hydrogens (tertiary/aromatic N) is 3. The first-order chi connectivity index (χ1) is 16.2. The van der Waals surface area contributed by atoms with Crippen LogP contribution >= 0.6 is 11.6 Å². The van der Waals surface area contributed by atoms with Gasteiger partial charge in [0.15, 0.2) is 5.82 Å². The zero-order valence-electron chi connectivity index (χ0n) is 19.6. The van der Waals surface area contributed by atoms with E-state index in [1.807, 2.05) is 44.2 Å². The number of fused-ring (bicyclic) bond motifs is 1. The Morgan fingerprint density at radius 3 is 2.59 bits per heavy atom. The van der Waals surface area contributed by atoms with Gasteiger partial charge in [-0.15, -0.1) is 0 Å². The molecule has 1 aliphatic rings. The highest BCUT2D eigenvalue weighted by Gasteiger charge is 2.26. The molecule has 0 atom stereocenters. The van der Waals surface area contributed by atoms with Gasteiger partial charge in [0.1, 0.15) is 10.8 Å². The predicted octanol–water partition coefficient (Wildman–Crippen LogP) is 4.95. The highest BCUT2D eigenvalue weighted by atomic mass is 35.5. The lowest BCUT2D eigenvalue weighted by atomic mass is 9.99. The Hall–Kier alpha value is -2.88. The number of halogens is 1. The number of hydrogen-bond donors (Lipinski definition) is 2. The van der Waals surface area contributed by atoms with E-state index in [0.29, 0.717) is 36.3 Å². The van der Waals surface area contributed by atoms with E-state index in [-0.39, 0.29) is 5.75 Å². The fourth-order valence-electron chi connectivity index (χ4n) is 4.24. The Labute approximate surface area is 205 Å². The molecule has 34 heavy (non-hydrogen) atoms. The van der Waals surface area contributed by atoms with Crippen LogP contribution in [0.5, 0.6) is 5.75 Å². The summed E-state index contributed by atoms with van der Waals surface area (Å²) in [4.78, 5) is 8.89. The average Bonchev–Trinajstić information content (AvgIpc) is 2.81. The van der Waals surface area contributed by atoms with Gasteiger partial charge < -0.3 is 15.4 Å². The van der Waals surface area contributed by atoms with Crippen LogP contribution in [0.4, 0.5) is 23.1 Å². The van der Waals surface area contributed by atoms with Crippen molar-refractivity contribution in [3.63, 3.8) is 0 Å². The zero-order valence-corrected chi connectivity index (χ0v) is 21.2. The van der Waals surface area contributed by atoms with Crippen LogP contribution in [0.1, 0.15) is 29.2 Å². The highest BCUT2D eigenvalue weighted by molar-refractivity contribution is 7.89. The van der Waals surface area contributed by atoms with Crippen molar-refractivity contribution in [2.45, 2.75) is 33.7 Å². The normalized spacial score (nSPS) is 13.9. The van der Waals surface area contributed by atoms with Crippen molar-refractivity contribution in [3.05, 3.63) is 63.8 Å². The molecule has 0 spiro atoms. The molecule has 4 rings (SSSR count). The maximum Gasteiger partial charge on any atom is 0.229 e. The standard InChI is InChI=1S/C24H28ClN5O3S/c1-5-34(31,32)30-10-9-19-17(14-30)7-6-8-21(19)28-23-20(25)13-26-24(29-23)27-18-11-15(2)22(33-4)16(3)12-18/h6-8,11-13H,5,9-10,14H2,1-4H3,(H2,26,27,28,29). The first kappa shape index (κ1) is 24.3. The van der Waals surface area contributed by atoms with Crippen molar-refractivity contribution in [1.82, 2.24) is 14.3 Å².